The standard InChI is InChI=1S/C31H30N4OS/c1-32(2)21-13-15-27-29(19-21)37-30-20-22(33(3)4)14-16-28(30)35(27)31(36)17-18-34-25-11-7-5-9-23(25)24-10-6-8-12-26(24)34/h5-16,19-20H,17-18H2,1-4H3. The maximum absolute atomic E-state index is 14.0. The van der Waals surface area contributed by atoms with Crippen molar-refractivity contribution in [3.05, 3.63) is 84.9 Å². The molecule has 186 valence electrons. The molecule has 1 aromatic heterocycles. The Morgan fingerprint density at radius 3 is 1.68 bits per heavy atom. The molecule has 0 aliphatic carbocycles. The Balaban J connectivity index is 1.39. The van der Waals surface area contributed by atoms with Crippen molar-refractivity contribution in [1.29, 1.82) is 0 Å². The fraction of sp³-hybridized carbons (Fsp3) is 0.194. The van der Waals surface area contributed by atoms with Crippen LogP contribution in [0.4, 0.5) is 22.7 Å². The lowest BCUT2D eigenvalue weighted by Gasteiger charge is -2.33. The topological polar surface area (TPSA) is 31.7 Å². The minimum atomic E-state index is 0.0971. The first-order valence-corrected chi connectivity index (χ1v) is 13.3. The minimum Gasteiger partial charge on any atom is -0.378 e. The molecule has 0 fully saturated rings. The highest BCUT2D eigenvalue weighted by atomic mass is 32.2. The summed E-state index contributed by atoms with van der Waals surface area (Å²) in [5, 5.41) is 2.45. The maximum atomic E-state index is 14.0. The third-order valence-corrected chi connectivity index (χ3v) is 8.19. The van der Waals surface area contributed by atoms with Crippen molar-refractivity contribution < 1.29 is 4.79 Å². The van der Waals surface area contributed by atoms with E-state index in [0.717, 1.165) is 43.6 Å². The number of carbonyl (C=O) groups excluding carboxylic acids is 1. The van der Waals surface area contributed by atoms with E-state index in [-0.39, 0.29) is 5.91 Å². The summed E-state index contributed by atoms with van der Waals surface area (Å²) in [5.41, 5.74) is 6.48. The zero-order chi connectivity index (χ0) is 25.7. The molecular formula is C31H30N4OS. The molecule has 1 aliphatic rings. The van der Waals surface area contributed by atoms with Crippen molar-refractivity contribution >= 4 is 62.2 Å². The second-order valence-electron chi connectivity index (χ2n) is 9.86. The summed E-state index contributed by atoms with van der Waals surface area (Å²) >= 11 is 1.73. The molecule has 0 unspecified atom stereocenters. The minimum absolute atomic E-state index is 0.0971. The van der Waals surface area contributed by atoms with E-state index in [1.807, 2.05) is 33.1 Å². The first kappa shape index (κ1) is 23.5. The van der Waals surface area contributed by atoms with Gasteiger partial charge in [0.1, 0.15) is 0 Å². The molecule has 6 heteroatoms. The summed E-state index contributed by atoms with van der Waals surface area (Å²) < 4.78 is 2.29. The van der Waals surface area contributed by atoms with Gasteiger partial charge in [0.25, 0.3) is 0 Å². The molecule has 0 saturated carbocycles. The highest BCUT2D eigenvalue weighted by molar-refractivity contribution is 7.99. The normalized spacial score (nSPS) is 12.5. The molecule has 37 heavy (non-hydrogen) atoms. The van der Waals surface area contributed by atoms with Gasteiger partial charge in [-0.25, -0.2) is 0 Å². The van der Waals surface area contributed by atoms with E-state index in [4.69, 9.17) is 0 Å². The van der Waals surface area contributed by atoms with Crippen molar-refractivity contribution in [2.75, 3.05) is 42.9 Å². The number of carbonyl (C=O) groups is 1. The number of fused-ring (bicyclic) bond motifs is 5. The number of benzene rings is 4. The number of nitrogens with zero attached hydrogens (tertiary/aromatic N) is 4. The van der Waals surface area contributed by atoms with Crippen molar-refractivity contribution in [1.82, 2.24) is 4.57 Å². The van der Waals surface area contributed by atoms with E-state index in [0.29, 0.717) is 13.0 Å². The Bertz CT molecular complexity index is 1540. The zero-order valence-corrected chi connectivity index (χ0v) is 22.4. The maximum Gasteiger partial charge on any atom is 0.233 e. The molecular weight excluding hydrogens is 476 g/mol. The van der Waals surface area contributed by atoms with Crippen LogP contribution in [-0.4, -0.2) is 38.7 Å². The van der Waals surface area contributed by atoms with E-state index in [9.17, 15) is 4.79 Å². The van der Waals surface area contributed by atoms with Gasteiger partial charge >= 0.3 is 0 Å². The molecule has 0 radical (unpaired) electrons. The molecule has 6 rings (SSSR count). The smallest absolute Gasteiger partial charge is 0.233 e. The number of hydrogen-bond donors (Lipinski definition) is 0. The van der Waals surface area contributed by atoms with Gasteiger partial charge < -0.3 is 14.4 Å². The van der Waals surface area contributed by atoms with Crippen LogP contribution in [-0.2, 0) is 11.3 Å². The van der Waals surface area contributed by atoms with Crippen molar-refractivity contribution in [2.24, 2.45) is 0 Å². The zero-order valence-electron chi connectivity index (χ0n) is 21.6. The first-order chi connectivity index (χ1) is 17.9. The summed E-state index contributed by atoms with van der Waals surface area (Å²) in [5.74, 6) is 0.0971. The second kappa shape index (κ2) is 9.20. The van der Waals surface area contributed by atoms with Gasteiger partial charge in [-0.3, -0.25) is 9.69 Å². The molecule has 2 heterocycles. The molecule has 1 aliphatic heterocycles. The summed E-state index contributed by atoms with van der Waals surface area (Å²) in [4.78, 5) is 22.3. The van der Waals surface area contributed by atoms with Crippen LogP contribution in [0.25, 0.3) is 21.8 Å². The van der Waals surface area contributed by atoms with Crippen LogP contribution in [0.3, 0.4) is 0 Å². The molecule has 0 saturated heterocycles. The van der Waals surface area contributed by atoms with Gasteiger partial charge in [0.15, 0.2) is 0 Å². The number of hydrogen-bond acceptors (Lipinski definition) is 4. The van der Waals surface area contributed by atoms with Gasteiger partial charge in [-0.05, 0) is 48.5 Å². The number of aromatic nitrogens is 1. The number of rotatable bonds is 5. The van der Waals surface area contributed by atoms with Gasteiger partial charge in [-0.15, -0.1) is 0 Å². The summed E-state index contributed by atoms with van der Waals surface area (Å²) in [6, 6.07) is 29.6. The monoisotopic (exact) mass is 506 g/mol. The van der Waals surface area contributed by atoms with Crippen molar-refractivity contribution in [3.8, 4) is 0 Å². The largest absolute Gasteiger partial charge is 0.378 e. The van der Waals surface area contributed by atoms with Gasteiger partial charge in [-0.2, -0.15) is 0 Å². The lowest BCUT2D eigenvalue weighted by atomic mass is 10.1. The molecule has 0 spiro atoms. The number of anilines is 4. The second-order valence-corrected chi connectivity index (χ2v) is 10.9. The van der Waals surface area contributed by atoms with Gasteiger partial charge in [0.05, 0.1) is 11.4 Å². The Hall–Kier alpha value is -3.90. The SMILES string of the molecule is CN(C)c1ccc2c(c1)Sc1cc(N(C)C)ccc1N2C(=O)CCn1c2ccccc2c2ccccc21. The third-order valence-electron chi connectivity index (χ3n) is 7.10. The predicted molar refractivity (Wildman–Crippen MR) is 157 cm³/mol. The number of aryl methyl sites for hydroxylation is 1. The van der Waals surface area contributed by atoms with Crippen LogP contribution in [0.1, 0.15) is 6.42 Å². The fourth-order valence-corrected chi connectivity index (χ4v) is 6.30. The highest BCUT2D eigenvalue weighted by Gasteiger charge is 2.29. The number of para-hydroxylation sites is 2. The molecule has 5 nitrogen and oxygen atoms in total. The van der Waals surface area contributed by atoms with Crippen LogP contribution in [0.2, 0.25) is 0 Å². The van der Waals surface area contributed by atoms with E-state index in [2.05, 4.69) is 99.3 Å². The van der Waals surface area contributed by atoms with Crippen LogP contribution in [0.15, 0.2) is 94.7 Å². The van der Waals surface area contributed by atoms with E-state index < -0.39 is 0 Å². The highest BCUT2D eigenvalue weighted by Crippen LogP contribution is 2.50. The molecule has 0 N–H and O–H groups in total. The van der Waals surface area contributed by atoms with Crippen molar-refractivity contribution in [3.63, 3.8) is 0 Å². The molecule has 1 amide bonds. The van der Waals surface area contributed by atoms with Crippen LogP contribution < -0.4 is 14.7 Å². The van der Waals surface area contributed by atoms with Crippen LogP contribution in [0, 0.1) is 0 Å². The summed E-state index contributed by atoms with van der Waals surface area (Å²) in [6.07, 6.45) is 0.400. The quantitative estimate of drug-likeness (QED) is 0.253. The summed E-state index contributed by atoms with van der Waals surface area (Å²) in [6.45, 7) is 0.618. The van der Waals surface area contributed by atoms with Gasteiger partial charge in [0.2, 0.25) is 5.91 Å². The Kier molecular flexibility index (Phi) is 5.84. The van der Waals surface area contributed by atoms with Gasteiger partial charge in [-0.1, -0.05) is 48.2 Å². The third kappa shape index (κ3) is 4.02. The molecule has 0 bridgehead atoms. The number of amides is 1. The first-order valence-electron chi connectivity index (χ1n) is 12.5. The van der Waals surface area contributed by atoms with E-state index >= 15 is 0 Å². The van der Waals surface area contributed by atoms with Crippen LogP contribution in [0.5, 0.6) is 0 Å². The molecule has 0 atom stereocenters. The summed E-state index contributed by atoms with van der Waals surface area (Å²) in [7, 11) is 8.17. The lowest BCUT2D eigenvalue weighted by Crippen LogP contribution is -2.29. The Morgan fingerprint density at radius 1 is 0.703 bits per heavy atom. The van der Waals surface area contributed by atoms with E-state index in [1.165, 1.54) is 10.8 Å². The van der Waals surface area contributed by atoms with E-state index in [1.54, 1.807) is 11.8 Å². The average molecular weight is 507 g/mol. The van der Waals surface area contributed by atoms with Crippen molar-refractivity contribution in [2.45, 2.75) is 22.8 Å². The molecule has 5 aromatic rings. The predicted octanol–water partition coefficient (Wildman–Crippen LogP) is 7.15. The Labute approximate surface area is 221 Å². The Morgan fingerprint density at radius 2 is 1.19 bits per heavy atom. The van der Waals surface area contributed by atoms with Gasteiger partial charge in [0, 0.05) is 84.1 Å². The van der Waals surface area contributed by atoms with Crippen LogP contribution >= 0.6 is 11.8 Å². The lowest BCUT2D eigenvalue weighted by molar-refractivity contribution is -0.118. The average Bonchev–Trinajstić information content (AvgIpc) is 3.23. The fourth-order valence-electron chi connectivity index (χ4n) is 5.18. The molecule has 4 aromatic carbocycles.